The molecule has 3 nitrogen and oxygen atoms in total. The van der Waals surface area contributed by atoms with Gasteiger partial charge in [0.15, 0.2) is 11.3 Å². The number of para-hydroxylation sites is 1. The SMILES string of the molecule is COc1cccc2cc(CNCC(F)(F)C(F)F)oc12. The Morgan fingerprint density at radius 1 is 1.35 bits per heavy atom. The molecule has 0 fully saturated rings. The van der Waals surface area contributed by atoms with Crippen molar-refractivity contribution in [3.05, 3.63) is 30.0 Å². The van der Waals surface area contributed by atoms with Crippen LogP contribution in [0.5, 0.6) is 5.75 Å². The quantitative estimate of drug-likeness (QED) is 0.828. The second-order valence-corrected chi connectivity index (χ2v) is 4.26. The van der Waals surface area contributed by atoms with Gasteiger partial charge in [0.2, 0.25) is 0 Å². The first-order valence-corrected chi connectivity index (χ1v) is 5.86. The van der Waals surface area contributed by atoms with Crippen LogP contribution in [0.25, 0.3) is 11.0 Å². The van der Waals surface area contributed by atoms with Gasteiger partial charge in [0.05, 0.1) is 20.2 Å². The number of fused-ring (bicyclic) bond motifs is 1. The van der Waals surface area contributed by atoms with E-state index in [1.807, 2.05) is 0 Å². The van der Waals surface area contributed by atoms with E-state index in [1.54, 1.807) is 24.3 Å². The number of furan rings is 1. The van der Waals surface area contributed by atoms with Gasteiger partial charge in [-0.1, -0.05) is 12.1 Å². The average molecular weight is 291 g/mol. The van der Waals surface area contributed by atoms with E-state index in [0.717, 1.165) is 5.39 Å². The van der Waals surface area contributed by atoms with Crippen LogP contribution in [0.2, 0.25) is 0 Å². The van der Waals surface area contributed by atoms with E-state index in [4.69, 9.17) is 9.15 Å². The van der Waals surface area contributed by atoms with Gasteiger partial charge in [-0.15, -0.1) is 0 Å². The Morgan fingerprint density at radius 3 is 2.75 bits per heavy atom. The number of halogens is 4. The fourth-order valence-corrected chi connectivity index (χ4v) is 1.77. The maximum absolute atomic E-state index is 12.7. The van der Waals surface area contributed by atoms with E-state index in [1.165, 1.54) is 7.11 Å². The standard InChI is InChI=1S/C13H13F4NO2/c1-19-10-4-2-3-8-5-9(20-11(8)10)6-18-7-13(16,17)12(14)15/h2-5,12,18H,6-7H2,1H3. The first kappa shape index (κ1) is 14.6. The highest BCUT2D eigenvalue weighted by Gasteiger charge is 2.40. The van der Waals surface area contributed by atoms with Crippen LogP contribution in [-0.2, 0) is 6.54 Å². The minimum atomic E-state index is -4.05. The molecule has 0 saturated heterocycles. The Morgan fingerprint density at radius 2 is 2.10 bits per heavy atom. The van der Waals surface area contributed by atoms with Gasteiger partial charge in [0.25, 0.3) is 0 Å². The van der Waals surface area contributed by atoms with E-state index < -0.39 is 18.9 Å². The monoisotopic (exact) mass is 291 g/mol. The number of benzene rings is 1. The number of hydrogen-bond acceptors (Lipinski definition) is 3. The molecule has 0 atom stereocenters. The van der Waals surface area contributed by atoms with Crippen LogP contribution in [0.1, 0.15) is 5.76 Å². The smallest absolute Gasteiger partial charge is 0.319 e. The maximum Gasteiger partial charge on any atom is 0.319 e. The van der Waals surface area contributed by atoms with E-state index >= 15 is 0 Å². The largest absolute Gasteiger partial charge is 0.493 e. The van der Waals surface area contributed by atoms with Gasteiger partial charge in [0.1, 0.15) is 5.76 Å². The summed E-state index contributed by atoms with van der Waals surface area (Å²) in [6.45, 7) is -1.18. The number of hydrogen-bond donors (Lipinski definition) is 1. The molecule has 2 rings (SSSR count). The van der Waals surface area contributed by atoms with Crippen molar-refractivity contribution in [2.75, 3.05) is 13.7 Å². The second kappa shape index (κ2) is 5.70. The fourth-order valence-electron chi connectivity index (χ4n) is 1.77. The topological polar surface area (TPSA) is 34.4 Å². The predicted molar refractivity (Wildman–Crippen MR) is 65.4 cm³/mol. The van der Waals surface area contributed by atoms with Gasteiger partial charge in [-0.05, 0) is 12.1 Å². The fraction of sp³-hybridized carbons (Fsp3) is 0.385. The molecule has 20 heavy (non-hydrogen) atoms. The molecule has 0 aliphatic rings. The molecule has 0 amide bonds. The molecule has 0 unspecified atom stereocenters. The lowest BCUT2D eigenvalue weighted by atomic mass is 10.2. The molecule has 1 aromatic heterocycles. The van der Waals surface area contributed by atoms with Gasteiger partial charge in [-0.3, -0.25) is 0 Å². The molecule has 1 N–H and O–H groups in total. The molecular formula is C13H13F4NO2. The summed E-state index contributed by atoms with van der Waals surface area (Å²) in [7, 11) is 1.48. The summed E-state index contributed by atoms with van der Waals surface area (Å²) in [6.07, 6.45) is -3.69. The lowest BCUT2D eigenvalue weighted by Gasteiger charge is -2.15. The average Bonchev–Trinajstić information content (AvgIpc) is 2.80. The van der Waals surface area contributed by atoms with Crippen LogP contribution in [-0.4, -0.2) is 26.0 Å². The number of alkyl halides is 4. The van der Waals surface area contributed by atoms with Crippen LogP contribution in [0.4, 0.5) is 17.6 Å². The summed E-state index contributed by atoms with van der Waals surface area (Å²) >= 11 is 0. The first-order chi connectivity index (χ1) is 9.44. The van der Waals surface area contributed by atoms with E-state index in [2.05, 4.69) is 5.32 Å². The Labute approximate surface area is 112 Å². The van der Waals surface area contributed by atoms with Crippen LogP contribution in [0.15, 0.2) is 28.7 Å². The lowest BCUT2D eigenvalue weighted by molar-refractivity contribution is -0.125. The highest BCUT2D eigenvalue weighted by atomic mass is 19.3. The Kier molecular flexibility index (Phi) is 4.17. The van der Waals surface area contributed by atoms with E-state index in [0.29, 0.717) is 17.1 Å². The molecule has 110 valence electrons. The number of rotatable bonds is 6. The van der Waals surface area contributed by atoms with E-state index in [9.17, 15) is 17.6 Å². The summed E-state index contributed by atoms with van der Waals surface area (Å²) < 4.78 is 59.9. The minimum Gasteiger partial charge on any atom is -0.493 e. The Hall–Kier alpha value is -1.76. The molecule has 7 heteroatoms. The summed E-state index contributed by atoms with van der Waals surface area (Å²) in [6, 6.07) is 6.89. The minimum absolute atomic E-state index is 0.0693. The van der Waals surface area contributed by atoms with Crippen LogP contribution < -0.4 is 10.1 Å². The summed E-state index contributed by atoms with van der Waals surface area (Å²) in [4.78, 5) is 0. The van der Waals surface area contributed by atoms with E-state index in [-0.39, 0.29) is 6.54 Å². The highest BCUT2D eigenvalue weighted by Crippen LogP contribution is 2.28. The summed E-state index contributed by atoms with van der Waals surface area (Å²) in [5, 5.41) is 3.01. The number of ether oxygens (including phenoxy) is 1. The lowest BCUT2D eigenvalue weighted by Crippen LogP contribution is -2.38. The highest BCUT2D eigenvalue weighted by molar-refractivity contribution is 5.83. The molecule has 0 saturated carbocycles. The predicted octanol–water partition coefficient (Wildman–Crippen LogP) is 3.43. The third-order valence-electron chi connectivity index (χ3n) is 2.76. The molecule has 0 radical (unpaired) electrons. The van der Waals surface area contributed by atoms with Crippen molar-refractivity contribution in [1.82, 2.24) is 5.32 Å². The van der Waals surface area contributed by atoms with Crippen LogP contribution in [0.3, 0.4) is 0 Å². The van der Waals surface area contributed by atoms with Crippen molar-refractivity contribution in [3.8, 4) is 5.75 Å². The van der Waals surface area contributed by atoms with Gasteiger partial charge >= 0.3 is 12.3 Å². The zero-order valence-electron chi connectivity index (χ0n) is 10.6. The summed E-state index contributed by atoms with van der Waals surface area (Å²) in [5.41, 5.74) is 0.493. The summed E-state index contributed by atoms with van der Waals surface area (Å²) in [5.74, 6) is -3.16. The third kappa shape index (κ3) is 3.04. The third-order valence-corrected chi connectivity index (χ3v) is 2.76. The van der Waals surface area contributed by atoms with Crippen molar-refractivity contribution in [1.29, 1.82) is 0 Å². The maximum atomic E-state index is 12.7. The molecule has 0 spiro atoms. The zero-order chi connectivity index (χ0) is 14.8. The molecule has 0 bridgehead atoms. The zero-order valence-corrected chi connectivity index (χ0v) is 10.6. The van der Waals surface area contributed by atoms with Gasteiger partial charge in [0, 0.05) is 5.39 Å². The molecule has 1 heterocycles. The van der Waals surface area contributed by atoms with Crippen molar-refractivity contribution in [3.63, 3.8) is 0 Å². The van der Waals surface area contributed by atoms with Crippen LogP contribution >= 0.6 is 0 Å². The van der Waals surface area contributed by atoms with Gasteiger partial charge in [-0.25, -0.2) is 8.78 Å². The van der Waals surface area contributed by atoms with Crippen molar-refractivity contribution in [2.45, 2.75) is 18.9 Å². The first-order valence-electron chi connectivity index (χ1n) is 5.86. The molecular weight excluding hydrogens is 278 g/mol. The van der Waals surface area contributed by atoms with Crippen molar-refractivity contribution >= 4 is 11.0 Å². The normalized spacial score (nSPS) is 12.3. The Bertz CT molecular complexity index is 583. The van der Waals surface area contributed by atoms with Crippen molar-refractivity contribution < 1.29 is 26.7 Å². The molecule has 0 aliphatic carbocycles. The van der Waals surface area contributed by atoms with Crippen molar-refractivity contribution in [2.24, 2.45) is 0 Å². The number of methoxy groups -OCH3 is 1. The molecule has 2 aromatic rings. The Balaban J connectivity index is 2.04. The van der Waals surface area contributed by atoms with Gasteiger partial charge < -0.3 is 14.5 Å². The molecule has 1 aromatic carbocycles. The van der Waals surface area contributed by atoms with Gasteiger partial charge in [-0.2, -0.15) is 8.78 Å². The molecule has 0 aliphatic heterocycles. The second-order valence-electron chi connectivity index (χ2n) is 4.26. The number of nitrogens with one attached hydrogen (secondary N) is 1. The van der Waals surface area contributed by atoms with Crippen LogP contribution in [0, 0.1) is 0 Å².